The predicted molar refractivity (Wildman–Crippen MR) is 135 cm³/mol. The van der Waals surface area contributed by atoms with E-state index in [1.807, 2.05) is 0 Å². The summed E-state index contributed by atoms with van der Waals surface area (Å²) in [4.78, 5) is 27.0. The molecule has 5 heteroatoms. The maximum Gasteiger partial charge on any atom is 0.310 e. The summed E-state index contributed by atoms with van der Waals surface area (Å²) in [5.41, 5.74) is -3.48. The van der Waals surface area contributed by atoms with Gasteiger partial charge in [-0.15, -0.1) is 0 Å². The van der Waals surface area contributed by atoms with Crippen molar-refractivity contribution in [3.8, 4) is 0 Å². The fourth-order valence-electron chi connectivity index (χ4n) is 10.4. The molecular formula is C30H46O5. The molecule has 0 spiro atoms. The van der Waals surface area contributed by atoms with Crippen molar-refractivity contribution in [1.82, 2.24) is 0 Å². The molecule has 0 bridgehead atoms. The Morgan fingerprint density at radius 3 is 2.17 bits per heavy atom. The Morgan fingerprint density at radius 1 is 0.914 bits per heavy atom. The number of rotatable bonds is 1. The van der Waals surface area contributed by atoms with Gasteiger partial charge in [0.05, 0.1) is 11.5 Å². The highest BCUT2D eigenvalue weighted by atomic mass is 16.4. The van der Waals surface area contributed by atoms with Crippen LogP contribution in [0, 0.1) is 44.3 Å². The van der Waals surface area contributed by atoms with E-state index in [4.69, 9.17) is 0 Å². The summed E-state index contributed by atoms with van der Waals surface area (Å²) in [6.07, 6.45) is 7.61. The van der Waals surface area contributed by atoms with E-state index in [1.54, 1.807) is 6.08 Å². The third-order valence-corrected chi connectivity index (χ3v) is 13.1. The van der Waals surface area contributed by atoms with Crippen molar-refractivity contribution in [3.05, 3.63) is 11.6 Å². The Hall–Kier alpha value is -1.20. The highest BCUT2D eigenvalue weighted by Crippen LogP contribution is 2.76. The minimum atomic E-state index is -1.54. The van der Waals surface area contributed by atoms with Crippen LogP contribution in [0.25, 0.3) is 0 Å². The molecule has 0 amide bonds. The summed E-state index contributed by atoms with van der Waals surface area (Å²) >= 11 is 0. The van der Waals surface area contributed by atoms with Crippen molar-refractivity contribution in [1.29, 1.82) is 0 Å². The Labute approximate surface area is 210 Å². The van der Waals surface area contributed by atoms with Crippen LogP contribution in [0.2, 0.25) is 0 Å². The molecule has 4 saturated carbocycles. The van der Waals surface area contributed by atoms with Gasteiger partial charge in [0.25, 0.3) is 0 Å². The number of carbonyl (C=O) groups excluding carboxylic acids is 1. The molecule has 0 aromatic carbocycles. The summed E-state index contributed by atoms with van der Waals surface area (Å²) < 4.78 is 0. The lowest BCUT2D eigenvalue weighted by molar-refractivity contribution is -0.275. The Morgan fingerprint density at radius 2 is 1.54 bits per heavy atom. The van der Waals surface area contributed by atoms with Crippen LogP contribution < -0.4 is 0 Å². The second kappa shape index (κ2) is 7.01. The lowest BCUT2D eigenvalue weighted by Crippen LogP contribution is -2.76. The molecule has 0 aromatic rings. The summed E-state index contributed by atoms with van der Waals surface area (Å²) in [6.45, 7) is 15.1. The summed E-state index contributed by atoms with van der Waals surface area (Å²) in [7, 11) is 0. The number of hydrogen-bond acceptors (Lipinski definition) is 4. The zero-order chi connectivity index (χ0) is 26.0. The minimum Gasteiger partial charge on any atom is -0.481 e. The predicted octanol–water partition coefficient (Wildman–Crippen LogP) is 5.53. The second-order valence-corrected chi connectivity index (χ2v) is 15.1. The first-order valence-corrected chi connectivity index (χ1v) is 13.8. The van der Waals surface area contributed by atoms with Crippen LogP contribution in [-0.2, 0) is 9.59 Å². The number of allylic oxidation sites excluding steroid dienone is 1. The fourth-order valence-corrected chi connectivity index (χ4v) is 10.4. The van der Waals surface area contributed by atoms with Gasteiger partial charge in [0.1, 0.15) is 5.60 Å². The molecule has 8 atom stereocenters. The van der Waals surface area contributed by atoms with Crippen LogP contribution in [0.4, 0.5) is 0 Å². The van der Waals surface area contributed by atoms with Gasteiger partial charge in [-0.3, -0.25) is 9.59 Å². The van der Waals surface area contributed by atoms with Crippen LogP contribution in [-0.4, -0.2) is 38.8 Å². The largest absolute Gasteiger partial charge is 0.481 e. The van der Waals surface area contributed by atoms with Gasteiger partial charge in [-0.2, -0.15) is 0 Å². The maximum atomic E-state index is 14.3. The lowest BCUT2D eigenvalue weighted by atomic mass is 9.31. The van der Waals surface area contributed by atoms with E-state index in [2.05, 4.69) is 48.5 Å². The number of aliphatic carboxylic acids is 1. The molecule has 0 saturated heterocycles. The highest BCUT2D eigenvalue weighted by Gasteiger charge is 2.77. The summed E-state index contributed by atoms with van der Waals surface area (Å²) in [6, 6.07) is 0. The standard InChI is InChI=1S/C30H46O5/c1-24(2)12-14-29(23(33)34)15-13-26(5)18(19(29)17-24)16-22(32)30(35)27(6)10-9-21(31)25(3,4)20(27)8-11-28(26,30)7/h16,19-21,31,35H,8-15,17H2,1-7H3,(H,33,34)/t19?,20-,21-,26+,27-,28-,29?,30?/m0/s1. The number of hydrogen-bond donors (Lipinski definition) is 3. The first-order valence-electron chi connectivity index (χ1n) is 13.8. The highest BCUT2D eigenvalue weighted by molar-refractivity contribution is 6.01. The summed E-state index contributed by atoms with van der Waals surface area (Å²) in [5, 5.41) is 34.1. The molecule has 5 aliphatic rings. The third-order valence-electron chi connectivity index (χ3n) is 13.1. The molecule has 5 nitrogen and oxygen atoms in total. The average molecular weight is 487 g/mol. The monoisotopic (exact) mass is 486 g/mol. The van der Waals surface area contributed by atoms with Crippen LogP contribution in [0.15, 0.2) is 11.6 Å². The van der Waals surface area contributed by atoms with E-state index >= 15 is 0 Å². The number of carboxylic acids is 1. The number of aliphatic hydroxyl groups is 2. The quantitative estimate of drug-likeness (QED) is 0.453. The van der Waals surface area contributed by atoms with Gasteiger partial charge in [-0.05, 0) is 91.9 Å². The molecule has 5 aliphatic carbocycles. The van der Waals surface area contributed by atoms with E-state index in [9.17, 15) is 24.9 Å². The molecule has 0 heterocycles. The van der Waals surface area contributed by atoms with E-state index in [0.29, 0.717) is 38.5 Å². The number of ketones is 1. The molecule has 0 radical (unpaired) electrons. The van der Waals surface area contributed by atoms with Gasteiger partial charge in [0.2, 0.25) is 0 Å². The maximum absolute atomic E-state index is 14.3. The smallest absolute Gasteiger partial charge is 0.310 e. The minimum absolute atomic E-state index is 0.0214. The van der Waals surface area contributed by atoms with Crippen molar-refractivity contribution in [2.75, 3.05) is 0 Å². The van der Waals surface area contributed by atoms with Crippen molar-refractivity contribution < 1.29 is 24.9 Å². The zero-order valence-electron chi connectivity index (χ0n) is 22.8. The molecule has 35 heavy (non-hydrogen) atoms. The van der Waals surface area contributed by atoms with Crippen LogP contribution in [0.3, 0.4) is 0 Å². The van der Waals surface area contributed by atoms with E-state index < -0.39 is 39.3 Å². The van der Waals surface area contributed by atoms with Gasteiger partial charge < -0.3 is 15.3 Å². The van der Waals surface area contributed by atoms with Gasteiger partial charge in [-0.1, -0.05) is 54.0 Å². The molecule has 196 valence electrons. The third kappa shape index (κ3) is 2.73. The SMILES string of the molecule is CC1(C)CCC2(C(=O)O)CC[C@]3(C)C(=CC(=O)C4(O)[C@@]5(C)CC[C@H](O)C(C)(C)[C@@H]5CC[C@]43C)C2C1. The number of fused-ring (bicyclic) bond motifs is 7. The fraction of sp³-hybridized carbons (Fsp3) is 0.867. The van der Waals surface area contributed by atoms with E-state index in [0.717, 1.165) is 24.8 Å². The van der Waals surface area contributed by atoms with Gasteiger partial charge >= 0.3 is 5.97 Å². The zero-order valence-corrected chi connectivity index (χ0v) is 22.8. The molecule has 5 rings (SSSR count). The normalized spacial score (nSPS) is 52.3. The molecule has 0 aromatic heterocycles. The number of aliphatic hydroxyl groups excluding tert-OH is 1. The van der Waals surface area contributed by atoms with Crippen LogP contribution in [0.1, 0.15) is 106 Å². The van der Waals surface area contributed by atoms with Gasteiger partial charge in [0, 0.05) is 10.8 Å². The van der Waals surface area contributed by atoms with Gasteiger partial charge in [-0.25, -0.2) is 0 Å². The Kier molecular flexibility index (Phi) is 5.10. The van der Waals surface area contributed by atoms with Crippen molar-refractivity contribution in [2.45, 2.75) is 118 Å². The Balaban J connectivity index is 1.70. The first-order chi connectivity index (χ1) is 15.9. The number of carboxylic acid groups (broad SMARTS) is 1. The number of carbonyl (C=O) groups is 2. The van der Waals surface area contributed by atoms with Crippen LogP contribution >= 0.6 is 0 Å². The molecular weight excluding hydrogens is 440 g/mol. The van der Waals surface area contributed by atoms with E-state index in [1.165, 1.54) is 0 Å². The summed E-state index contributed by atoms with van der Waals surface area (Å²) in [5.74, 6) is -1.09. The van der Waals surface area contributed by atoms with Crippen molar-refractivity contribution >= 4 is 11.8 Å². The Bertz CT molecular complexity index is 1010. The topological polar surface area (TPSA) is 94.8 Å². The molecule has 0 aliphatic heterocycles. The molecule has 3 unspecified atom stereocenters. The average Bonchev–Trinajstić information content (AvgIpc) is 2.75. The second-order valence-electron chi connectivity index (χ2n) is 15.1. The van der Waals surface area contributed by atoms with Crippen molar-refractivity contribution in [3.63, 3.8) is 0 Å². The lowest BCUT2D eigenvalue weighted by Gasteiger charge is -2.73. The molecule has 4 fully saturated rings. The molecule has 3 N–H and O–H groups in total. The van der Waals surface area contributed by atoms with E-state index in [-0.39, 0.29) is 28.4 Å². The van der Waals surface area contributed by atoms with Gasteiger partial charge in [0.15, 0.2) is 5.78 Å². The first kappa shape index (κ1) is 25.4. The van der Waals surface area contributed by atoms with Crippen LogP contribution in [0.5, 0.6) is 0 Å². The van der Waals surface area contributed by atoms with Crippen molar-refractivity contribution in [2.24, 2.45) is 44.3 Å².